The van der Waals surface area contributed by atoms with Crippen molar-refractivity contribution < 1.29 is 10.2 Å². The first-order valence-corrected chi connectivity index (χ1v) is 4.32. The lowest BCUT2D eigenvalue weighted by Crippen LogP contribution is -1.87. The van der Waals surface area contributed by atoms with E-state index in [9.17, 15) is 10.2 Å². The van der Waals surface area contributed by atoms with E-state index in [1.54, 1.807) is 18.3 Å². The molecule has 0 saturated carbocycles. The smallest absolute Gasteiger partial charge is 0.133 e. The zero-order valence-corrected chi connectivity index (χ0v) is 7.57. The lowest BCUT2D eigenvalue weighted by Gasteiger charge is -2.06. The molecule has 0 aliphatic rings. The highest BCUT2D eigenvalue weighted by molar-refractivity contribution is 5.91. The van der Waals surface area contributed by atoms with Crippen LogP contribution in [-0.4, -0.2) is 15.2 Å². The monoisotopic (exact) mass is 188 g/mol. The molecule has 0 unspecified atom stereocenters. The lowest BCUT2D eigenvalue weighted by atomic mass is 10.1. The average Bonchev–Trinajstić information content (AvgIpc) is 2.18. The molecule has 3 heteroatoms. The molecule has 0 amide bonds. The van der Waals surface area contributed by atoms with Crippen molar-refractivity contribution in [3.05, 3.63) is 36.9 Å². The van der Waals surface area contributed by atoms with E-state index in [2.05, 4.69) is 11.9 Å². The van der Waals surface area contributed by atoms with Gasteiger partial charge in [0.25, 0.3) is 0 Å². The van der Waals surface area contributed by atoms with Crippen LogP contribution in [0.15, 0.2) is 24.4 Å². The standard InChI is InChI=1S/C11H10NO2/c1-2-7-6-12-8-4-3-5-9(13)10(8)11(7)14/h3-6,13H,1-2H2,(H,12,14). The summed E-state index contributed by atoms with van der Waals surface area (Å²) >= 11 is 0. The first kappa shape index (κ1) is 8.81. The largest absolute Gasteiger partial charge is 0.507 e. The number of phenols is 1. The molecule has 0 aliphatic carbocycles. The molecule has 71 valence electrons. The van der Waals surface area contributed by atoms with Crippen LogP contribution in [0.2, 0.25) is 0 Å². The number of fused-ring (bicyclic) bond motifs is 1. The summed E-state index contributed by atoms with van der Waals surface area (Å²) in [5.41, 5.74) is 1.22. The molecule has 2 rings (SSSR count). The number of hydrogen-bond acceptors (Lipinski definition) is 3. The van der Waals surface area contributed by atoms with Crippen molar-refractivity contribution in [2.45, 2.75) is 6.42 Å². The van der Waals surface area contributed by atoms with Crippen molar-refractivity contribution in [1.82, 2.24) is 4.98 Å². The summed E-state index contributed by atoms with van der Waals surface area (Å²) in [6.07, 6.45) is 2.02. The van der Waals surface area contributed by atoms with Crippen LogP contribution in [0.5, 0.6) is 11.5 Å². The van der Waals surface area contributed by atoms with Crippen molar-refractivity contribution in [3.8, 4) is 11.5 Å². The summed E-state index contributed by atoms with van der Waals surface area (Å²) in [7, 11) is 0. The fraction of sp³-hybridized carbons (Fsp3) is 0.0909. The van der Waals surface area contributed by atoms with E-state index in [1.165, 1.54) is 6.07 Å². The number of hydrogen-bond donors (Lipinski definition) is 2. The molecule has 1 aromatic heterocycles. The van der Waals surface area contributed by atoms with Crippen LogP contribution < -0.4 is 0 Å². The van der Waals surface area contributed by atoms with Crippen LogP contribution in [0.3, 0.4) is 0 Å². The van der Waals surface area contributed by atoms with Gasteiger partial charge in [-0.3, -0.25) is 4.98 Å². The molecule has 14 heavy (non-hydrogen) atoms. The van der Waals surface area contributed by atoms with Crippen molar-refractivity contribution in [3.63, 3.8) is 0 Å². The summed E-state index contributed by atoms with van der Waals surface area (Å²) in [6, 6.07) is 4.95. The maximum absolute atomic E-state index is 9.79. The number of rotatable bonds is 1. The Morgan fingerprint density at radius 1 is 1.29 bits per heavy atom. The predicted molar refractivity (Wildman–Crippen MR) is 54.1 cm³/mol. The van der Waals surface area contributed by atoms with E-state index in [-0.39, 0.29) is 11.5 Å². The molecule has 0 atom stereocenters. The maximum atomic E-state index is 9.79. The van der Waals surface area contributed by atoms with Crippen molar-refractivity contribution in [2.75, 3.05) is 0 Å². The first-order chi connectivity index (χ1) is 6.74. The van der Waals surface area contributed by atoms with Crippen LogP contribution in [0.1, 0.15) is 5.56 Å². The number of aromatic nitrogens is 1. The number of benzene rings is 1. The van der Waals surface area contributed by atoms with E-state index in [1.807, 2.05) is 0 Å². The number of nitrogens with zero attached hydrogens (tertiary/aromatic N) is 1. The van der Waals surface area contributed by atoms with Gasteiger partial charge in [0, 0.05) is 11.8 Å². The molecule has 2 N–H and O–H groups in total. The van der Waals surface area contributed by atoms with E-state index in [0.717, 1.165) is 0 Å². The Kier molecular flexibility index (Phi) is 2.00. The molecular weight excluding hydrogens is 178 g/mol. The van der Waals surface area contributed by atoms with Gasteiger partial charge in [-0.25, -0.2) is 0 Å². The summed E-state index contributed by atoms with van der Waals surface area (Å²) in [5.74, 6) is 0.117. The van der Waals surface area contributed by atoms with Crippen molar-refractivity contribution >= 4 is 10.9 Å². The quantitative estimate of drug-likeness (QED) is 0.719. The van der Waals surface area contributed by atoms with Gasteiger partial charge in [-0.15, -0.1) is 0 Å². The Balaban J connectivity index is 2.86. The fourth-order valence-electron chi connectivity index (χ4n) is 1.43. The zero-order chi connectivity index (χ0) is 10.1. The molecule has 0 fully saturated rings. The number of pyridine rings is 1. The molecule has 2 aromatic rings. The first-order valence-electron chi connectivity index (χ1n) is 4.32. The Morgan fingerprint density at radius 2 is 2.07 bits per heavy atom. The Morgan fingerprint density at radius 3 is 2.79 bits per heavy atom. The van der Waals surface area contributed by atoms with E-state index in [4.69, 9.17) is 0 Å². The van der Waals surface area contributed by atoms with Gasteiger partial charge in [0.15, 0.2) is 0 Å². The topological polar surface area (TPSA) is 53.4 Å². The highest BCUT2D eigenvalue weighted by atomic mass is 16.3. The summed E-state index contributed by atoms with van der Waals surface area (Å²) in [4.78, 5) is 4.11. The second-order valence-electron chi connectivity index (χ2n) is 3.05. The molecule has 0 bridgehead atoms. The van der Waals surface area contributed by atoms with E-state index < -0.39 is 0 Å². The molecule has 1 aromatic carbocycles. The van der Waals surface area contributed by atoms with Crippen LogP contribution >= 0.6 is 0 Å². The second-order valence-corrected chi connectivity index (χ2v) is 3.05. The third kappa shape index (κ3) is 1.18. The van der Waals surface area contributed by atoms with Gasteiger partial charge >= 0.3 is 0 Å². The summed E-state index contributed by atoms with van der Waals surface area (Å²) in [6.45, 7) is 3.67. The highest BCUT2D eigenvalue weighted by Gasteiger charge is 2.09. The molecule has 3 nitrogen and oxygen atoms in total. The Hall–Kier alpha value is -1.77. The molecular formula is C11H10NO2. The van der Waals surface area contributed by atoms with Crippen LogP contribution in [0, 0.1) is 6.92 Å². The van der Waals surface area contributed by atoms with Gasteiger partial charge < -0.3 is 10.2 Å². The molecule has 1 heterocycles. The third-order valence-corrected chi connectivity index (χ3v) is 2.19. The van der Waals surface area contributed by atoms with Gasteiger partial charge in [-0.05, 0) is 25.5 Å². The summed E-state index contributed by atoms with van der Waals surface area (Å²) < 4.78 is 0. The van der Waals surface area contributed by atoms with Crippen LogP contribution in [-0.2, 0) is 6.42 Å². The minimum atomic E-state index is 0.0443. The Labute approximate surface area is 81.7 Å². The van der Waals surface area contributed by atoms with E-state index >= 15 is 0 Å². The zero-order valence-electron chi connectivity index (χ0n) is 7.57. The van der Waals surface area contributed by atoms with E-state index in [0.29, 0.717) is 22.9 Å². The third-order valence-electron chi connectivity index (χ3n) is 2.19. The second kappa shape index (κ2) is 3.18. The maximum Gasteiger partial charge on any atom is 0.133 e. The predicted octanol–water partition coefficient (Wildman–Crippen LogP) is 2.02. The molecule has 0 saturated heterocycles. The van der Waals surface area contributed by atoms with Gasteiger partial charge in [0.1, 0.15) is 11.5 Å². The summed E-state index contributed by atoms with van der Waals surface area (Å²) in [5, 5.41) is 19.7. The average molecular weight is 188 g/mol. The Bertz CT molecular complexity index is 480. The number of aromatic hydroxyl groups is 2. The highest BCUT2D eigenvalue weighted by Crippen LogP contribution is 2.33. The lowest BCUT2D eigenvalue weighted by molar-refractivity contribution is 0.460. The minimum Gasteiger partial charge on any atom is -0.507 e. The van der Waals surface area contributed by atoms with Crippen LogP contribution in [0.25, 0.3) is 10.9 Å². The molecule has 0 aliphatic heterocycles. The van der Waals surface area contributed by atoms with Gasteiger partial charge in [-0.1, -0.05) is 6.07 Å². The number of phenolic OH excluding ortho intramolecular Hbond substituents is 1. The molecule has 1 radical (unpaired) electrons. The molecule has 0 spiro atoms. The van der Waals surface area contributed by atoms with Crippen molar-refractivity contribution in [1.29, 1.82) is 0 Å². The SMILES string of the molecule is [CH2]Cc1cnc2cccc(O)c2c1O. The minimum absolute atomic E-state index is 0.0443. The fourth-order valence-corrected chi connectivity index (χ4v) is 1.43. The normalized spacial score (nSPS) is 10.6. The van der Waals surface area contributed by atoms with Gasteiger partial charge in [0.2, 0.25) is 0 Å². The van der Waals surface area contributed by atoms with Gasteiger partial charge in [0.05, 0.1) is 10.9 Å². The van der Waals surface area contributed by atoms with Crippen LogP contribution in [0.4, 0.5) is 0 Å². The van der Waals surface area contributed by atoms with Gasteiger partial charge in [-0.2, -0.15) is 0 Å². The van der Waals surface area contributed by atoms with Crippen molar-refractivity contribution in [2.24, 2.45) is 0 Å².